The van der Waals surface area contributed by atoms with Crippen LogP contribution >= 0.6 is 24.8 Å². The van der Waals surface area contributed by atoms with Crippen LogP contribution in [0.3, 0.4) is 0 Å². The van der Waals surface area contributed by atoms with Crippen LogP contribution in [0.15, 0.2) is 0 Å². The first-order valence-corrected chi connectivity index (χ1v) is 20.6. The van der Waals surface area contributed by atoms with E-state index in [1.54, 1.807) is 0 Å². The second-order valence-corrected chi connectivity index (χ2v) is 14.4. The fourth-order valence-corrected chi connectivity index (χ4v) is 6.33. The maximum atomic E-state index is 6.23. The maximum Gasteiger partial charge on any atom is 0.0531 e. The van der Waals surface area contributed by atoms with Gasteiger partial charge in [0.25, 0.3) is 0 Å². The third kappa shape index (κ3) is 49.2. The molecule has 1 unspecified atom stereocenters. The van der Waals surface area contributed by atoms with E-state index in [-0.39, 0.29) is 58.1 Å². The van der Waals surface area contributed by atoms with E-state index < -0.39 is 0 Å². The minimum atomic E-state index is 0. The Hall–Kier alpha value is 1.11. The molecule has 0 spiro atoms. The molecule has 1 atom stereocenters. The minimum Gasteiger partial charge on any atom is -0.693 e. The van der Waals surface area contributed by atoms with Crippen molar-refractivity contribution in [2.24, 2.45) is 11.7 Å². The van der Waals surface area contributed by atoms with Gasteiger partial charge in [0.1, 0.15) is 0 Å². The van der Waals surface area contributed by atoms with Gasteiger partial charge >= 0.3 is 0 Å². The summed E-state index contributed by atoms with van der Waals surface area (Å²) < 4.78 is 12.0. The second kappa shape index (κ2) is 52.5. The molecule has 0 rings (SSSR count). The monoisotopic (exact) mass is 907 g/mol. The molecule has 0 bridgehead atoms. The summed E-state index contributed by atoms with van der Waals surface area (Å²) in [5.74, 6) is 0.317. The summed E-state index contributed by atoms with van der Waals surface area (Å²) in [6.07, 6.45) is 45.0. The number of halogens is 2. The molecule has 0 radical (unpaired) electrons. The Morgan fingerprint density at radius 3 is 0.750 bits per heavy atom. The zero-order chi connectivity index (χ0) is 32.0. The standard InChI is InChI=1S/C41H85NO2.2ClH.H2N.Pt/c1-4-6-8-10-12-14-16-18-20-22-24-26-28-30-32-34-36-43-38-41(40(3)42)39-44-37-35-33-31-29-27-25-23-21-19-17-15-13-11-9-7-5-2;;;;/h40-41H,4-39,42H2,1-3H3;2*1H;1H2;/q;;;-1;. The number of rotatable bonds is 39. The van der Waals surface area contributed by atoms with Crippen LogP contribution in [-0.4, -0.2) is 32.5 Å². The van der Waals surface area contributed by atoms with Crippen molar-refractivity contribution in [2.45, 2.75) is 232 Å². The Morgan fingerprint density at radius 1 is 0.375 bits per heavy atom. The summed E-state index contributed by atoms with van der Waals surface area (Å²) in [6, 6.07) is 0.131. The van der Waals surface area contributed by atoms with Crippen LogP contribution in [0.1, 0.15) is 226 Å². The van der Waals surface area contributed by atoms with Gasteiger partial charge in [-0.05, 0) is 19.8 Å². The predicted molar refractivity (Wildman–Crippen MR) is 218 cm³/mol. The molecule has 7 heteroatoms. The van der Waals surface area contributed by atoms with Crippen LogP contribution in [-0.2, 0) is 30.5 Å². The molecule has 0 aromatic rings. The average Bonchev–Trinajstić information content (AvgIpc) is 3.02. The smallest absolute Gasteiger partial charge is 0.0531 e. The molecule has 0 aliphatic heterocycles. The Balaban J connectivity index is -0.00000154. The van der Waals surface area contributed by atoms with E-state index in [0.29, 0.717) is 5.92 Å². The minimum absolute atomic E-state index is 0. The van der Waals surface area contributed by atoms with Crippen LogP contribution in [0.25, 0.3) is 6.15 Å². The van der Waals surface area contributed by atoms with Crippen molar-refractivity contribution in [1.29, 1.82) is 0 Å². The van der Waals surface area contributed by atoms with E-state index in [4.69, 9.17) is 15.2 Å². The topological polar surface area (TPSA) is 78.0 Å². The Kier molecular flexibility index (Phi) is 63.9. The van der Waals surface area contributed by atoms with Crippen molar-refractivity contribution in [3.63, 3.8) is 0 Å². The molecular formula is C41H89Cl2N2O2Pt-. The van der Waals surface area contributed by atoms with Crippen LogP contribution in [0.2, 0.25) is 0 Å². The van der Waals surface area contributed by atoms with Gasteiger partial charge in [0.05, 0.1) is 13.2 Å². The number of nitrogens with two attached hydrogens (primary N) is 2. The van der Waals surface area contributed by atoms with Crippen molar-refractivity contribution in [3.05, 3.63) is 6.15 Å². The molecule has 0 fully saturated rings. The van der Waals surface area contributed by atoms with Crippen LogP contribution in [0, 0.1) is 5.92 Å². The van der Waals surface area contributed by atoms with Crippen molar-refractivity contribution in [1.82, 2.24) is 0 Å². The van der Waals surface area contributed by atoms with Gasteiger partial charge in [0.2, 0.25) is 0 Å². The Bertz CT molecular complexity index is 481. The molecule has 0 aromatic heterocycles. The Labute approximate surface area is 330 Å². The largest absolute Gasteiger partial charge is 0.693 e. The van der Waals surface area contributed by atoms with E-state index in [2.05, 4.69) is 20.8 Å². The van der Waals surface area contributed by atoms with E-state index in [1.165, 1.54) is 205 Å². The number of unbranched alkanes of at least 4 members (excludes halogenated alkanes) is 30. The molecular weight excluding hydrogens is 818 g/mol. The zero-order valence-electron chi connectivity index (χ0n) is 32.7. The Morgan fingerprint density at radius 2 is 0.562 bits per heavy atom. The first-order chi connectivity index (χ1) is 21.7. The first-order valence-electron chi connectivity index (χ1n) is 20.6. The summed E-state index contributed by atoms with van der Waals surface area (Å²) in [6.45, 7) is 9.94. The molecule has 300 valence electrons. The van der Waals surface area contributed by atoms with Crippen LogP contribution < -0.4 is 5.73 Å². The molecule has 0 aliphatic carbocycles. The van der Waals surface area contributed by atoms with Gasteiger partial charge in [0.15, 0.2) is 0 Å². The summed E-state index contributed by atoms with van der Waals surface area (Å²) in [4.78, 5) is 0. The molecule has 4 nitrogen and oxygen atoms in total. The summed E-state index contributed by atoms with van der Waals surface area (Å²) in [5, 5.41) is 0. The van der Waals surface area contributed by atoms with Gasteiger partial charge in [-0.15, -0.1) is 24.8 Å². The quantitative estimate of drug-likeness (QED) is 0.0624. The van der Waals surface area contributed by atoms with Gasteiger partial charge in [-0.25, -0.2) is 0 Å². The molecule has 48 heavy (non-hydrogen) atoms. The normalized spacial score (nSPS) is 11.4. The number of hydrogen-bond donors (Lipinski definition) is 1. The molecule has 0 heterocycles. The van der Waals surface area contributed by atoms with Crippen molar-refractivity contribution < 1.29 is 30.5 Å². The number of ether oxygens (including phenoxy) is 2. The summed E-state index contributed by atoms with van der Waals surface area (Å²) in [7, 11) is 0. The van der Waals surface area contributed by atoms with Crippen molar-refractivity contribution in [3.8, 4) is 0 Å². The van der Waals surface area contributed by atoms with E-state index in [1.807, 2.05) is 0 Å². The van der Waals surface area contributed by atoms with E-state index in [9.17, 15) is 0 Å². The third-order valence-electron chi connectivity index (χ3n) is 9.69. The molecule has 4 N–H and O–H groups in total. The predicted octanol–water partition coefficient (Wildman–Crippen LogP) is 15.1. The second-order valence-electron chi connectivity index (χ2n) is 14.4. The van der Waals surface area contributed by atoms with Gasteiger partial charge in [-0.3, -0.25) is 0 Å². The third-order valence-corrected chi connectivity index (χ3v) is 9.69. The van der Waals surface area contributed by atoms with E-state index >= 15 is 0 Å². The fourth-order valence-electron chi connectivity index (χ4n) is 6.33. The van der Waals surface area contributed by atoms with Crippen LogP contribution in [0.5, 0.6) is 0 Å². The van der Waals surface area contributed by atoms with Crippen molar-refractivity contribution >= 4 is 24.8 Å². The zero-order valence-corrected chi connectivity index (χ0v) is 36.6. The fraction of sp³-hybridized carbons (Fsp3) is 1.00. The van der Waals surface area contributed by atoms with Gasteiger partial charge in [-0.1, -0.05) is 206 Å². The van der Waals surface area contributed by atoms with Crippen LogP contribution in [0.4, 0.5) is 0 Å². The molecule has 0 saturated heterocycles. The van der Waals surface area contributed by atoms with Gasteiger partial charge < -0.3 is 21.4 Å². The van der Waals surface area contributed by atoms with Gasteiger partial charge in [-0.2, -0.15) is 0 Å². The first kappa shape index (κ1) is 58.4. The van der Waals surface area contributed by atoms with E-state index in [0.717, 1.165) is 26.4 Å². The molecule has 0 aliphatic rings. The molecule has 0 saturated carbocycles. The van der Waals surface area contributed by atoms with Gasteiger partial charge in [0, 0.05) is 46.2 Å². The van der Waals surface area contributed by atoms with Crippen molar-refractivity contribution in [2.75, 3.05) is 26.4 Å². The average molecular weight is 908 g/mol. The maximum absolute atomic E-state index is 6.23. The molecule has 0 aromatic carbocycles. The summed E-state index contributed by atoms with van der Waals surface area (Å²) in [5.41, 5.74) is 6.23. The number of hydrogen-bond acceptors (Lipinski definition) is 3. The molecule has 0 amide bonds. The summed E-state index contributed by atoms with van der Waals surface area (Å²) >= 11 is 0. The SMILES string of the molecule is CCCCCCCCCCCCCCCCCCOCC(COCCCCCCCCCCCCCCCCCC)C(C)N.Cl.Cl.[NH2-].[Pt].